The van der Waals surface area contributed by atoms with E-state index >= 15 is 0 Å². The number of H-pyrrole nitrogens is 1. The normalized spacial score (nSPS) is 10.1. The third-order valence-corrected chi connectivity index (χ3v) is 2.21. The number of amides is 1. The molecule has 0 aromatic carbocycles. The minimum atomic E-state index is -0.803. The predicted molar refractivity (Wildman–Crippen MR) is 56.3 cm³/mol. The van der Waals surface area contributed by atoms with Gasteiger partial charge in [0, 0.05) is 13.6 Å². The van der Waals surface area contributed by atoms with Crippen molar-refractivity contribution in [3.63, 3.8) is 0 Å². The molecule has 0 radical (unpaired) electrons. The summed E-state index contributed by atoms with van der Waals surface area (Å²) in [6.07, 6.45) is 0. The number of likely N-dealkylation sites (N-methyl/N-ethyl adjacent to an activating group) is 1. The highest BCUT2D eigenvalue weighted by atomic mass is 16.3. The molecule has 0 spiro atoms. The zero-order valence-electron chi connectivity index (χ0n) is 9.06. The van der Waals surface area contributed by atoms with Crippen LogP contribution in [0, 0.1) is 0 Å². The van der Waals surface area contributed by atoms with Gasteiger partial charge >= 0.3 is 5.69 Å². The maximum atomic E-state index is 11.5. The van der Waals surface area contributed by atoms with Gasteiger partial charge in [0.05, 0.1) is 6.07 Å². The number of nitrogens with one attached hydrogen (secondary N) is 1. The fraction of sp³-hybridized carbons (Fsp3) is 0.444. The number of hydrogen-bond acceptors (Lipinski definition) is 4. The van der Waals surface area contributed by atoms with Crippen LogP contribution >= 0.6 is 0 Å². The van der Waals surface area contributed by atoms with E-state index in [0.717, 1.165) is 10.6 Å². The Balaban J connectivity index is 3.03. The van der Waals surface area contributed by atoms with Gasteiger partial charge in [-0.3, -0.25) is 19.1 Å². The van der Waals surface area contributed by atoms with Crippen molar-refractivity contribution in [1.29, 1.82) is 0 Å². The highest BCUT2D eigenvalue weighted by Gasteiger charge is 2.12. The quantitative estimate of drug-likeness (QED) is 0.672. The minimum absolute atomic E-state index is 0.300. The lowest BCUT2D eigenvalue weighted by molar-refractivity contribution is -0.130. The summed E-state index contributed by atoms with van der Waals surface area (Å²) in [5.74, 6) is -0.849. The van der Waals surface area contributed by atoms with Crippen LogP contribution in [0.4, 0.5) is 0 Å². The number of rotatable bonds is 3. The first-order chi connectivity index (χ1) is 7.45. The lowest BCUT2D eigenvalue weighted by Gasteiger charge is -2.15. The van der Waals surface area contributed by atoms with E-state index in [0.29, 0.717) is 6.54 Å². The van der Waals surface area contributed by atoms with Gasteiger partial charge in [0.25, 0.3) is 5.56 Å². The molecule has 0 saturated carbocycles. The monoisotopic (exact) mass is 227 g/mol. The molecule has 1 aromatic rings. The average molecular weight is 227 g/mol. The topological polar surface area (TPSA) is 95.4 Å². The molecule has 0 atom stereocenters. The van der Waals surface area contributed by atoms with Gasteiger partial charge in [0.1, 0.15) is 6.54 Å². The molecule has 0 aliphatic rings. The van der Waals surface area contributed by atoms with E-state index in [-0.39, 0.29) is 12.5 Å². The van der Waals surface area contributed by atoms with E-state index in [1.807, 2.05) is 4.98 Å². The van der Waals surface area contributed by atoms with Crippen LogP contribution in [0.1, 0.15) is 6.92 Å². The van der Waals surface area contributed by atoms with Crippen molar-refractivity contribution in [1.82, 2.24) is 14.5 Å². The predicted octanol–water partition coefficient (Wildman–Crippen LogP) is -1.28. The third kappa shape index (κ3) is 2.50. The van der Waals surface area contributed by atoms with Crippen LogP contribution in [0.15, 0.2) is 15.7 Å². The minimum Gasteiger partial charge on any atom is -0.494 e. The number of carbonyl (C=O) groups excluding carboxylic acids is 1. The molecule has 0 fully saturated rings. The highest BCUT2D eigenvalue weighted by Crippen LogP contribution is 2.00. The zero-order chi connectivity index (χ0) is 12.3. The summed E-state index contributed by atoms with van der Waals surface area (Å²) in [7, 11) is 1.58. The molecule has 16 heavy (non-hydrogen) atoms. The van der Waals surface area contributed by atoms with Gasteiger partial charge in [-0.25, -0.2) is 4.79 Å². The summed E-state index contributed by atoms with van der Waals surface area (Å²) in [5.41, 5.74) is -1.50. The average Bonchev–Trinajstić information content (AvgIpc) is 2.21. The Morgan fingerprint density at radius 3 is 2.69 bits per heavy atom. The number of aromatic amines is 1. The number of nitrogens with zero attached hydrogens (tertiary/aromatic N) is 2. The van der Waals surface area contributed by atoms with Crippen LogP contribution in [0.3, 0.4) is 0 Å². The summed E-state index contributed by atoms with van der Waals surface area (Å²) >= 11 is 0. The Kier molecular flexibility index (Phi) is 3.49. The molecule has 7 nitrogen and oxygen atoms in total. The van der Waals surface area contributed by atoms with E-state index in [1.165, 1.54) is 4.90 Å². The first-order valence-electron chi connectivity index (χ1n) is 4.72. The molecule has 88 valence electrons. The third-order valence-electron chi connectivity index (χ3n) is 2.21. The molecule has 0 saturated heterocycles. The second kappa shape index (κ2) is 4.65. The van der Waals surface area contributed by atoms with Gasteiger partial charge in [0.2, 0.25) is 11.8 Å². The lowest BCUT2D eigenvalue weighted by Crippen LogP contribution is -2.36. The number of carbonyl (C=O) groups is 1. The molecule has 1 heterocycles. The molecule has 0 unspecified atom stereocenters. The summed E-state index contributed by atoms with van der Waals surface area (Å²) in [5, 5.41) is 9.35. The van der Waals surface area contributed by atoms with Crippen LogP contribution in [0.5, 0.6) is 5.88 Å². The first-order valence-corrected chi connectivity index (χ1v) is 4.72. The Labute approximate surface area is 90.9 Å². The standard InChI is InChI=1S/C9H13N3O4/c1-3-11(2)8(15)5-12-7(14)4-6(13)10-9(12)16/h4,14H,3,5H2,1-2H3,(H,10,13,16). The van der Waals surface area contributed by atoms with Crippen LogP contribution in [-0.2, 0) is 11.3 Å². The van der Waals surface area contributed by atoms with Crippen molar-refractivity contribution in [3.05, 3.63) is 26.9 Å². The molecule has 7 heteroatoms. The highest BCUT2D eigenvalue weighted by molar-refractivity contribution is 5.75. The molecule has 2 N–H and O–H groups in total. The molecule has 0 aliphatic heterocycles. The van der Waals surface area contributed by atoms with Crippen molar-refractivity contribution < 1.29 is 9.90 Å². The summed E-state index contributed by atoms with van der Waals surface area (Å²) in [6, 6.07) is 0.848. The molecule has 1 rings (SSSR count). The number of aromatic nitrogens is 2. The fourth-order valence-corrected chi connectivity index (χ4v) is 1.09. The van der Waals surface area contributed by atoms with E-state index in [2.05, 4.69) is 0 Å². The van der Waals surface area contributed by atoms with E-state index in [1.54, 1.807) is 14.0 Å². The van der Waals surface area contributed by atoms with Crippen LogP contribution in [-0.4, -0.2) is 39.1 Å². The van der Waals surface area contributed by atoms with Crippen molar-refractivity contribution in [3.8, 4) is 5.88 Å². The Hall–Kier alpha value is -2.05. The van der Waals surface area contributed by atoms with Gasteiger partial charge in [-0.15, -0.1) is 0 Å². The maximum Gasteiger partial charge on any atom is 0.331 e. The van der Waals surface area contributed by atoms with Gasteiger partial charge in [0.15, 0.2) is 0 Å². The van der Waals surface area contributed by atoms with E-state index in [9.17, 15) is 19.5 Å². The number of aromatic hydroxyl groups is 1. The molecular formula is C9H13N3O4. The van der Waals surface area contributed by atoms with E-state index in [4.69, 9.17) is 0 Å². The largest absolute Gasteiger partial charge is 0.494 e. The Morgan fingerprint density at radius 2 is 2.19 bits per heavy atom. The fourth-order valence-electron chi connectivity index (χ4n) is 1.09. The van der Waals surface area contributed by atoms with Crippen LogP contribution in [0.25, 0.3) is 0 Å². The maximum absolute atomic E-state index is 11.5. The molecule has 0 bridgehead atoms. The van der Waals surface area contributed by atoms with Crippen LogP contribution < -0.4 is 11.2 Å². The van der Waals surface area contributed by atoms with Crippen molar-refractivity contribution in [2.75, 3.05) is 13.6 Å². The SMILES string of the molecule is CCN(C)C(=O)Cn1c(O)cc(=O)[nH]c1=O. The van der Waals surface area contributed by atoms with Crippen molar-refractivity contribution in [2.45, 2.75) is 13.5 Å². The lowest BCUT2D eigenvalue weighted by atomic mass is 10.4. The summed E-state index contributed by atoms with van der Waals surface area (Å²) in [4.78, 5) is 37.0. The number of hydrogen-bond donors (Lipinski definition) is 2. The zero-order valence-corrected chi connectivity index (χ0v) is 9.06. The van der Waals surface area contributed by atoms with Crippen LogP contribution in [0.2, 0.25) is 0 Å². The second-order valence-electron chi connectivity index (χ2n) is 3.29. The molecular weight excluding hydrogens is 214 g/mol. The molecule has 1 amide bonds. The van der Waals surface area contributed by atoms with Crippen molar-refractivity contribution in [2.24, 2.45) is 0 Å². The Morgan fingerprint density at radius 1 is 1.56 bits per heavy atom. The first kappa shape index (κ1) is 12.0. The smallest absolute Gasteiger partial charge is 0.331 e. The van der Waals surface area contributed by atoms with Gasteiger partial charge in [-0.1, -0.05) is 0 Å². The van der Waals surface area contributed by atoms with E-state index < -0.39 is 17.1 Å². The van der Waals surface area contributed by atoms with Gasteiger partial charge in [-0.05, 0) is 6.92 Å². The molecule has 1 aromatic heterocycles. The van der Waals surface area contributed by atoms with Gasteiger partial charge in [-0.2, -0.15) is 0 Å². The second-order valence-corrected chi connectivity index (χ2v) is 3.29. The van der Waals surface area contributed by atoms with Gasteiger partial charge < -0.3 is 10.0 Å². The molecule has 0 aliphatic carbocycles. The summed E-state index contributed by atoms with van der Waals surface area (Å²) in [6.45, 7) is 1.98. The Bertz CT molecular complexity index is 502. The summed E-state index contributed by atoms with van der Waals surface area (Å²) < 4.78 is 0.801. The van der Waals surface area contributed by atoms with Crippen molar-refractivity contribution >= 4 is 5.91 Å².